The Morgan fingerprint density at radius 3 is 3.00 bits per heavy atom. The van der Waals surface area contributed by atoms with Gasteiger partial charge in [0.05, 0.1) is 24.4 Å². The van der Waals surface area contributed by atoms with E-state index in [1.165, 1.54) is 12.2 Å². The maximum atomic E-state index is 11.9. The number of carbonyl (C=O) groups excluding carboxylic acids is 1. The number of halogens is 1. The van der Waals surface area contributed by atoms with E-state index in [1.54, 1.807) is 19.3 Å². The fourth-order valence-corrected chi connectivity index (χ4v) is 1.91. The van der Waals surface area contributed by atoms with Gasteiger partial charge < -0.3 is 0 Å². The highest BCUT2D eigenvalue weighted by atomic mass is 79.9. The van der Waals surface area contributed by atoms with Gasteiger partial charge in [0.15, 0.2) is 0 Å². The molecular weight excluding hydrogens is 274 g/mol. The van der Waals surface area contributed by atoms with Gasteiger partial charge in [0.1, 0.15) is 0 Å². The zero-order valence-electron chi connectivity index (χ0n) is 8.82. The van der Waals surface area contributed by atoms with Crippen molar-refractivity contribution in [2.24, 2.45) is 0 Å². The van der Waals surface area contributed by atoms with Crippen LogP contribution in [0.2, 0.25) is 0 Å². The highest BCUT2D eigenvalue weighted by molar-refractivity contribution is 9.10. The number of hydrogen-bond donors (Lipinski definition) is 1. The first kappa shape index (κ1) is 11.1. The number of hydrogen-bond acceptors (Lipinski definition) is 3. The number of rotatable bonds is 2. The fourth-order valence-electron chi connectivity index (χ4n) is 1.38. The molecule has 0 radical (unpaired) electrons. The number of fused-ring (bicyclic) bond motifs is 1. The molecule has 16 heavy (non-hydrogen) atoms. The highest BCUT2D eigenvalue weighted by Crippen LogP contribution is 2.24. The monoisotopic (exact) mass is 283 g/mol. The topological polar surface area (TPSA) is 58.2 Å². The lowest BCUT2D eigenvalue weighted by molar-refractivity contribution is -0.0757. The molecule has 2 rings (SSSR count). The number of amides is 1. The average molecular weight is 284 g/mol. The summed E-state index contributed by atoms with van der Waals surface area (Å²) in [5, 5.41) is 8.84. The maximum absolute atomic E-state index is 11.9. The van der Waals surface area contributed by atoms with Gasteiger partial charge in [0.2, 0.25) is 0 Å². The molecule has 0 aliphatic carbocycles. The molecule has 2 aromatic rings. The first-order valence-electron chi connectivity index (χ1n) is 4.58. The summed E-state index contributed by atoms with van der Waals surface area (Å²) in [7, 11) is 3.01. The molecule has 5 nitrogen and oxygen atoms in total. The van der Waals surface area contributed by atoms with Crippen LogP contribution < -0.4 is 0 Å². The van der Waals surface area contributed by atoms with Crippen molar-refractivity contribution in [1.82, 2.24) is 15.3 Å². The highest BCUT2D eigenvalue weighted by Gasteiger charge is 2.16. The summed E-state index contributed by atoms with van der Waals surface area (Å²) in [6.45, 7) is 0. The molecule has 0 atom stereocenters. The van der Waals surface area contributed by atoms with E-state index < -0.39 is 0 Å². The number of H-pyrrole nitrogens is 1. The minimum atomic E-state index is -0.217. The van der Waals surface area contributed by atoms with Gasteiger partial charge in [-0.3, -0.25) is 14.7 Å². The summed E-state index contributed by atoms with van der Waals surface area (Å²) in [6.07, 6.45) is 1.70. The van der Waals surface area contributed by atoms with Crippen LogP contribution in [0.25, 0.3) is 10.9 Å². The average Bonchev–Trinajstić information content (AvgIpc) is 2.72. The van der Waals surface area contributed by atoms with E-state index in [0.717, 1.165) is 15.4 Å². The molecule has 84 valence electrons. The van der Waals surface area contributed by atoms with Crippen molar-refractivity contribution in [3.05, 3.63) is 28.4 Å². The summed E-state index contributed by atoms with van der Waals surface area (Å²) in [4.78, 5) is 16.8. The van der Waals surface area contributed by atoms with Crippen LogP contribution >= 0.6 is 15.9 Å². The van der Waals surface area contributed by atoms with Crippen molar-refractivity contribution in [3.8, 4) is 0 Å². The predicted molar refractivity (Wildman–Crippen MR) is 62.9 cm³/mol. The molecule has 0 aliphatic heterocycles. The Morgan fingerprint density at radius 1 is 1.56 bits per heavy atom. The van der Waals surface area contributed by atoms with Crippen LogP contribution in [-0.4, -0.2) is 35.3 Å². The molecule has 1 amide bonds. The van der Waals surface area contributed by atoms with Gasteiger partial charge in [0, 0.05) is 16.9 Å². The van der Waals surface area contributed by atoms with E-state index in [-0.39, 0.29) is 5.91 Å². The van der Waals surface area contributed by atoms with Gasteiger partial charge in [-0.05, 0) is 28.1 Å². The normalized spacial score (nSPS) is 10.7. The van der Waals surface area contributed by atoms with E-state index in [0.29, 0.717) is 5.56 Å². The van der Waals surface area contributed by atoms with Crippen molar-refractivity contribution in [1.29, 1.82) is 0 Å². The lowest BCUT2D eigenvalue weighted by atomic mass is 10.1. The minimum absolute atomic E-state index is 0.217. The number of nitrogens with zero attached hydrogens (tertiary/aromatic N) is 2. The molecular formula is C10H10BrN3O2. The second-order valence-electron chi connectivity index (χ2n) is 3.27. The van der Waals surface area contributed by atoms with Crippen molar-refractivity contribution in [2.75, 3.05) is 14.2 Å². The van der Waals surface area contributed by atoms with E-state index in [2.05, 4.69) is 26.1 Å². The number of aromatic amines is 1. The largest absolute Gasteiger partial charge is 0.278 e. The zero-order valence-corrected chi connectivity index (χ0v) is 10.4. The maximum Gasteiger partial charge on any atom is 0.278 e. The zero-order chi connectivity index (χ0) is 11.7. The van der Waals surface area contributed by atoms with Crippen LogP contribution in [0.5, 0.6) is 0 Å². The molecule has 1 aromatic heterocycles. The number of benzene rings is 1. The van der Waals surface area contributed by atoms with Crippen LogP contribution in [-0.2, 0) is 4.84 Å². The van der Waals surface area contributed by atoms with Crippen LogP contribution in [0.15, 0.2) is 22.8 Å². The van der Waals surface area contributed by atoms with Gasteiger partial charge in [-0.15, -0.1) is 0 Å². The summed E-state index contributed by atoms with van der Waals surface area (Å²) in [5.74, 6) is -0.217. The number of carbonyl (C=O) groups is 1. The summed E-state index contributed by atoms with van der Waals surface area (Å²) in [6, 6.07) is 3.58. The van der Waals surface area contributed by atoms with Crippen LogP contribution in [0, 0.1) is 0 Å². The predicted octanol–water partition coefficient (Wildman–Crippen LogP) is 1.96. The molecule has 1 heterocycles. The second kappa shape index (κ2) is 4.23. The van der Waals surface area contributed by atoms with Crippen LogP contribution in [0.1, 0.15) is 10.4 Å². The molecule has 0 fully saturated rings. The number of hydroxylamine groups is 2. The third kappa shape index (κ3) is 1.81. The van der Waals surface area contributed by atoms with Crippen molar-refractivity contribution < 1.29 is 9.63 Å². The van der Waals surface area contributed by atoms with Gasteiger partial charge in [-0.1, -0.05) is 0 Å². The van der Waals surface area contributed by atoms with E-state index in [1.807, 2.05) is 6.07 Å². The molecule has 0 unspecified atom stereocenters. The molecule has 0 saturated heterocycles. The third-order valence-corrected chi connectivity index (χ3v) is 2.97. The summed E-state index contributed by atoms with van der Waals surface area (Å²) in [5.41, 5.74) is 1.34. The van der Waals surface area contributed by atoms with Crippen LogP contribution in [0.4, 0.5) is 0 Å². The first-order valence-corrected chi connectivity index (χ1v) is 5.37. The standard InChI is InChI=1S/C10H10BrN3O2/c1-14(16-2)10(15)7-4-9-6(3-8(7)11)5-12-13-9/h3-5H,1-2H3,(H,12,13). The summed E-state index contributed by atoms with van der Waals surface area (Å²) < 4.78 is 0.718. The Balaban J connectivity index is 2.51. The second-order valence-corrected chi connectivity index (χ2v) is 4.13. The molecule has 6 heteroatoms. The molecule has 0 spiro atoms. The molecule has 0 aliphatic rings. The SMILES string of the molecule is CON(C)C(=O)c1cc2[nH]ncc2cc1Br. The molecule has 1 aromatic carbocycles. The van der Waals surface area contributed by atoms with E-state index in [4.69, 9.17) is 4.84 Å². The lowest BCUT2D eigenvalue weighted by Crippen LogP contribution is -2.25. The van der Waals surface area contributed by atoms with Gasteiger partial charge in [0.25, 0.3) is 5.91 Å². The Hall–Kier alpha value is -1.40. The van der Waals surface area contributed by atoms with Gasteiger partial charge in [-0.25, -0.2) is 5.06 Å². The van der Waals surface area contributed by atoms with Crippen LogP contribution in [0.3, 0.4) is 0 Å². The minimum Gasteiger partial charge on any atom is -0.278 e. The Bertz CT molecular complexity index is 538. The lowest BCUT2D eigenvalue weighted by Gasteiger charge is -2.14. The Labute approximate surface area is 100 Å². The molecule has 0 saturated carbocycles. The van der Waals surface area contributed by atoms with Crippen molar-refractivity contribution >= 4 is 32.7 Å². The fraction of sp³-hybridized carbons (Fsp3) is 0.200. The molecule has 1 N–H and O–H groups in total. The van der Waals surface area contributed by atoms with Gasteiger partial charge >= 0.3 is 0 Å². The van der Waals surface area contributed by atoms with Crippen molar-refractivity contribution in [2.45, 2.75) is 0 Å². The van der Waals surface area contributed by atoms with E-state index >= 15 is 0 Å². The van der Waals surface area contributed by atoms with Gasteiger partial charge in [-0.2, -0.15) is 5.10 Å². The first-order chi connectivity index (χ1) is 7.63. The number of nitrogens with one attached hydrogen (secondary N) is 1. The molecule has 0 bridgehead atoms. The van der Waals surface area contributed by atoms with Crippen molar-refractivity contribution in [3.63, 3.8) is 0 Å². The summed E-state index contributed by atoms with van der Waals surface area (Å²) >= 11 is 3.36. The quantitative estimate of drug-likeness (QED) is 0.858. The smallest absolute Gasteiger partial charge is 0.278 e. The third-order valence-electron chi connectivity index (χ3n) is 2.32. The number of aromatic nitrogens is 2. The van der Waals surface area contributed by atoms with E-state index in [9.17, 15) is 4.79 Å². The Morgan fingerprint density at radius 2 is 2.31 bits per heavy atom. The Kier molecular flexibility index (Phi) is 2.93.